The van der Waals surface area contributed by atoms with E-state index in [0.29, 0.717) is 36.9 Å². The average molecular weight is 410 g/mol. The van der Waals surface area contributed by atoms with Crippen LogP contribution in [0, 0.1) is 0 Å². The Morgan fingerprint density at radius 2 is 1.72 bits per heavy atom. The van der Waals surface area contributed by atoms with E-state index < -0.39 is 0 Å². The summed E-state index contributed by atoms with van der Waals surface area (Å²) in [5.74, 6) is 0.779. The Bertz CT molecular complexity index is 1060. The Kier molecular flexibility index (Phi) is 5.57. The molecule has 1 aromatic carbocycles. The quantitative estimate of drug-likeness (QED) is 0.661. The Morgan fingerprint density at radius 1 is 0.966 bits per heavy atom. The zero-order valence-electron chi connectivity index (χ0n) is 15.7. The summed E-state index contributed by atoms with van der Waals surface area (Å²) in [6.45, 7) is 2.46. The second kappa shape index (κ2) is 8.45. The van der Waals surface area contributed by atoms with Gasteiger partial charge in [-0.2, -0.15) is 5.10 Å². The van der Waals surface area contributed by atoms with Crippen molar-refractivity contribution in [1.82, 2.24) is 19.7 Å². The molecule has 29 heavy (non-hydrogen) atoms. The minimum atomic E-state index is -0.318. The lowest BCUT2D eigenvalue weighted by Gasteiger charge is -2.35. The largest absolute Gasteiger partial charge is 0.353 e. The molecule has 1 aliphatic rings. The van der Waals surface area contributed by atoms with Gasteiger partial charge in [0.25, 0.3) is 5.56 Å². The fraction of sp³-hybridized carbons (Fsp3) is 0.238. The monoisotopic (exact) mass is 409 g/mol. The molecule has 0 N–H and O–H groups in total. The highest BCUT2D eigenvalue weighted by atomic mass is 35.5. The van der Waals surface area contributed by atoms with Gasteiger partial charge < -0.3 is 9.80 Å². The van der Waals surface area contributed by atoms with Crippen LogP contribution in [0.25, 0.3) is 11.3 Å². The van der Waals surface area contributed by atoms with E-state index in [1.54, 1.807) is 23.2 Å². The summed E-state index contributed by atoms with van der Waals surface area (Å²) < 4.78 is 1.20. The van der Waals surface area contributed by atoms with Gasteiger partial charge in [-0.15, -0.1) is 0 Å². The number of carbonyl (C=O) groups excluding carboxylic acids is 1. The SMILES string of the molecule is O=C(Cn1nc(-c2ccccc2Cl)ccc1=O)N1CCN(c2ccccn2)CC1. The number of amides is 1. The number of pyridine rings is 1. The van der Waals surface area contributed by atoms with E-state index in [-0.39, 0.29) is 18.0 Å². The lowest BCUT2D eigenvalue weighted by Crippen LogP contribution is -2.50. The highest BCUT2D eigenvalue weighted by molar-refractivity contribution is 6.33. The number of piperazine rings is 1. The van der Waals surface area contributed by atoms with Crippen molar-refractivity contribution in [3.05, 3.63) is 76.2 Å². The fourth-order valence-corrected chi connectivity index (χ4v) is 3.56. The molecule has 3 aromatic rings. The van der Waals surface area contributed by atoms with Gasteiger partial charge in [0, 0.05) is 44.0 Å². The molecular formula is C21H20ClN5O2. The minimum absolute atomic E-state index is 0.0965. The molecule has 2 aromatic heterocycles. The highest BCUT2D eigenvalue weighted by Crippen LogP contribution is 2.24. The average Bonchev–Trinajstić information content (AvgIpc) is 2.76. The topological polar surface area (TPSA) is 71.3 Å². The third kappa shape index (κ3) is 4.30. The molecule has 0 aliphatic carbocycles. The van der Waals surface area contributed by atoms with Crippen LogP contribution in [0.3, 0.4) is 0 Å². The van der Waals surface area contributed by atoms with Gasteiger partial charge in [0.05, 0.1) is 10.7 Å². The number of halogens is 1. The zero-order valence-corrected chi connectivity index (χ0v) is 16.5. The summed E-state index contributed by atoms with van der Waals surface area (Å²) in [7, 11) is 0. The summed E-state index contributed by atoms with van der Waals surface area (Å²) in [5.41, 5.74) is 0.962. The molecule has 0 saturated carbocycles. The normalized spacial score (nSPS) is 14.1. The predicted molar refractivity (Wildman–Crippen MR) is 112 cm³/mol. The molecule has 8 heteroatoms. The van der Waals surface area contributed by atoms with Crippen LogP contribution in [0.1, 0.15) is 0 Å². The first-order chi connectivity index (χ1) is 14.1. The van der Waals surface area contributed by atoms with E-state index >= 15 is 0 Å². The van der Waals surface area contributed by atoms with Gasteiger partial charge in [0.2, 0.25) is 5.91 Å². The van der Waals surface area contributed by atoms with E-state index in [0.717, 1.165) is 11.4 Å². The molecule has 0 bridgehead atoms. The standard InChI is InChI=1S/C21H20ClN5O2/c22-17-6-2-1-5-16(17)18-8-9-20(28)27(24-18)15-21(29)26-13-11-25(12-14-26)19-7-3-4-10-23-19/h1-10H,11-15H2. The maximum Gasteiger partial charge on any atom is 0.267 e. The summed E-state index contributed by atoms with van der Waals surface area (Å²) in [4.78, 5) is 33.2. The summed E-state index contributed by atoms with van der Waals surface area (Å²) in [6.07, 6.45) is 1.76. The first-order valence-corrected chi connectivity index (χ1v) is 9.76. The van der Waals surface area contributed by atoms with Gasteiger partial charge in [-0.05, 0) is 24.3 Å². The summed E-state index contributed by atoms with van der Waals surface area (Å²) in [5, 5.41) is 4.90. The van der Waals surface area contributed by atoms with Crippen LogP contribution >= 0.6 is 11.6 Å². The molecule has 0 radical (unpaired) electrons. The van der Waals surface area contributed by atoms with Crippen LogP contribution < -0.4 is 10.5 Å². The molecule has 1 amide bonds. The number of hydrogen-bond acceptors (Lipinski definition) is 5. The van der Waals surface area contributed by atoms with Crippen molar-refractivity contribution in [1.29, 1.82) is 0 Å². The molecule has 148 valence electrons. The van der Waals surface area contributed by atoms with Crippen LogP contribution in [-0.2, 0) is 11.3 Å². The van der Waals surface area contributed by atoms with Crippen molar-refractivity contribution in [2.45, 2.75) is 6.54 Å². The highest BCUT2D eigenvalue weighted by Gasteiger charge is 2.22. The molecule has 0 spiro atoms. The van der Waals surface area contributed by atoms with Crippen molar-refractivity contribution in [3.63, 3.8) is 0 Å². The van der Waals surface area contributed by atoms with Gasteiger partial charge in [0.15, 0.2) is 0 Å². The van der Waals surface area contributed by atoms with E-state index in [9.17, 15) is 9.59 Å². The second-order valence-electron chi connectivity index (χ2n) is 6.75. The van der Waals surface area contributed by atoms with Crippen molar-refractivity contribution in [2.24, 2.45) is 0 Å². The van der Waals surface area contributed by atoms with Crippen molar-refractivity contribution in [3.8, 4) is 11.3 Å². The number of hydrogen-bond donors (Lipinski definition) is 0. The molecule has 0 atom stereocenters. The lowest BCUT2D eigenvalue weighted by molar-refractivity contribution is -0.132. The van der Waals surface area contributed by atoms with Crippen LogP contribution in [0.5, 0.6) is 0 Å². The molecule has 1 saturated heterocycles. The Balaban J connectivity index is 1.44. The van der Waals surface area contributed by atoms with Gasteiger partial charge in [-0.25, -0.2) is 9.67 Å². The zero-order chi connectivity index (χ0) is 20.2. The number of rotatable bonds is 4. The van der Waals surface area contributed by atoms with E-state index in [2.05, 4.69) is 15.0 Å². The number of anilines is 1. The van der Waals surface area contributed by atoms with Crippen LogP contribution in [0.4, 0.5) is 5.82 Å². The molecule has 3 heterocycles. The van der Waals surface area contributed by atoms with E-state index in [1.807, 2.05) is 36.4 Å². The molecule has 7 nitrogen and oxygen atoms in total. The van der Waals surface area contributed by atoms with Gasteiger partial charge in [-0.1, -0.05) is 35.9 Å². The van der Waals surface area contributed by atoms with Gasteiger partial charge in [0.1, 0.15) is 12.4 Å². The molecular weight excluding hydrogens is 390 g/mol. The van der Waals surface area contributed by atoms with Crippen molar-refractivity contribution >= 4 is 23.3 Å². The molecule has 1 fully saturated rings. The van der Waals surface area contributed by atoms with Gasteiger partial charge >= 0.3 is 0 Å². The van der Waals surface area contributed by atoms with Crippen LogP contribution in [0.2, 0.25) is 5.02 Å². The van der Waals surface area contributed by atoms with Crippen LogP contribution in [-0.4, -0.2) is 51.8 Å². The maximum atomic E-state index is 12.7. The minimum Gasteiger partial charge on any atom is -0.353 e. The first-order valence-electron chi connectivity index (χ1n) is 9.38. The third-order valence-electron chi connectivity index (χ3n) is 4.91. The first kappa shape index (κ1) is 19.1. The van der Waals surface area contributed by atoms with E-state index in [4.69, 9.17) is 11.6 Å². The van der Waals surface area contributed by atoms with E-state index in [1.165, 1.54) is 10.7 Å². The van der Waals surface area contributed by atoms with Crippen LogP contribution in [0.15, 0.2) is 65.6 Å². The van der Waals surface area contributed by atoms with Gasteiger partial charge in [-0.3, -0.25) is 9.59 Å². The van der Waals surface area contributed by atoms with Crippen molar-refractivity contribution in [2.75, 3.05) is 31.1 Å². The molecule has 1 aliphatic heterocycles. The molecule has 4 rings (SSSR count). The summed E-state index contributed by atoms with van der Waals surface area (Å²) in [6, 6.07) is 16.1. The smallest absolute Gasteiger partial charge is 0.267 e. The number of benzene rings is 1. The Labute approximate surface area is 173 Å². The van der Waals surface area contributed by atoms with Crippen molar-refractivity contribution < 1.29 is 4.79 Å². The maximum absolute atomic E-state index is 12.7. The third-order valence-corrected chi connectivity index (χ3v) is 5.24. The summed E-state index contributed by atoms with van der Waals surface area (Å²) >= 11 is 6.23. The Hall–Kier alpha value is -3.19. The number of carbonyl (C=O) groups is 1. The molecule has 0 unspecified atom stereocenters. The number of nitrogens with zero attached hydrogens (tertiary/aromatic N) is 5. The lowest BCUT2D eigenvalue weighted by atomic mass is 10.1. The second-order valence-corrected chi connectivity index (χ2v) is 7.16. The fourth-order valence-electron chi connectivity index (χ4n) is 3.33. The number of aromatic nitrogens is 3. The predicted octanol–water partition coefficient (Wildman–Crippen LogP) is 2.31. The Morgan fingerprint density at radius 3 is 2.45 bits per heavy atom.